The van der Waals surface area contributed by atoms with Gasteiger partial charge in [0.1, 0.15) is 11.9 Å². The summed E-state index contributed by atoms with van der Waals surface area (Å²) in [6.07, 6.45) is 0.177. The molecule has 108 valence electrons. The molecule has 2 atom stereocenters. The summed E-state index contributed by atoms with van der Waals surface area (Å²) < 4.78 is 12.9. The Hall–Kier alpha value is -2.46. The molecule has 21 heavy (non-hydrogen) atoms. The number of halogens is 1. The third kappa shape index (κ3) is 3.77. The molecule has 0 heterocycles. The van der Waals surface area contributed by atoms with E-state index in [4.69, 9.17) is 0 Å². The van der Waals surface area contributed by atoms with E-state index in [9.17, 15) is 14.3 Å². The van der Waals surface area contributed by atoms with Gasteiger partial charge in [0.25, 0.3) is 5.91 Å². The van der Waals surface area contributed by atoms with E-state index in [1.165, 1.54) is 30.3 Å². The van der Waals surface area contributed by atoms with Gasteiger partial charge in [-0.1, -0.05) is 36.4 Å². The highest BCUT2D eigenvalue weighted by Crippen LogP contribution is 2.22. The van der Waals surface area contributed by atoms with Crippen molar-refractivity contribution in [2.24, 2.45) is 0 Å². The normalized spacial score (nSPS) is 13.2. The highest BCUT2D eigenvalue weighted by Gasteiger charge is 2.25. The zero-order valence-electron chi connectivity index (χ0n) is 11.4. The molecule has 0 aliphatic heterocycles. The van der Waals surface area contributed by atoms with E-state index < -0.39 is 17.9 Å². The number of amides is 1. The van der Waals surface area contributed by atoms with Crippen molar-refractivity contribution < 1.29 is 14.3 Å². The van der Waals surface area contributed by atoms with Gasteiger partial charge in [-0.3, -0.25) is 4.79 Å². The molecular weight excluding hydrogens is 269 g/mol. The summed E-state index contributed by atoms with van der Waals surface area (Å²) >= 11 is 0. The van der Waals surface area contributed by atoms with Gasteiger partial charge < -0.3 is 10.4 Å². The molecule has 2 aromatic carbocycles. The number of carbonyl (C=O) groups is 1. The van der Waals surface area contributed by atoms with Gasteiger partial charge in [0.15, 0.2) is 0 Å². The number of benzene rings is 2. The Bertz CT molecular complexity index is 610. The van der Waals surface area contributed by atoms with Gasteiger partial charge in [-0.25, -0.2) is 4.39 Å². The van der Waals surface area contributed by atoms with Gasteiger partial charge in [-0.2, -0.15) is 0 Å². The summed E-state index contributed by atoms with van der Waals surface area (Å²) in [6, 6.07) is 14.5. The fraction of sp³-hybridized carbons (Fsp3) is 0.118. The van der Waals surface area contributed by atoms with Crippen molar-refractivity contribution in [2.75, 3.05) is 5.32 Å². The number of hydrogen-bond acceptors (Lipinski definition) is 2. The first kappa shape index (κ1) is 14.9. The Morgan fingerprint density at radius 3 is 2.33 bits per heavy atom. The number of carbonyl (C=O) groups excluding carboxylic acids is 1. The fourth-order valence-corrected chi connectivity index (χ4v) is 2.03. The maximum Gasteiger partial charge on any atom is 0.254 e. The van der Waals surface area contributed by atoms with Crippen molar-refractivity contribution in [3.8, 4) is 0 Å². The van der Waals surface area contributed by atoms with Gasteiger partial charge >= 0.3 is 0 Å². The summed E-state index contributed by atoms with van der Waals surface area (Å²) in [4.78, 5) is 12.1. The van der Waals surface area contributed by atoms with Crippen LogP contribution in [-0.4, -0.2) is 17.1 Å². The smallest absolute Gasteiger partial charge is 0.254 e. The highest BCUT2D eigenvalue weighted by molar-refractivity contribution is 5.94. The van der Waals surface area contributed by atoms with Gasteiger partial charge in [-0.15, -0.1) is 6.58 Å². The predicted molar refractivity (Wildman–Crippen MR) is 80.4 cm³/mol. The number of para-hydroxylation sites is 1. The molecule has 0 unspecified atom stereocenters. The Balaban J connectivity index is 2.12. The topological polar surface area (TPSA) is 49.3 Å². The van der Waals surface area contributed by atoms with Gasteiger partial charge in [0, 0.05) is 11.6 Å². The van der Waals surface area contributed by atoms with Crippen LogP contribution in [0.3, 0.4) is 0 Å². The predicted octanol–water partition coefficient (Wildman–Crippen LogP) is 3.09. The zero-order valence-corrected chi connectivity index (χ0v) is 11.4. The van der Waals surface area contributed by atoms with Crippen molar-refractivity contribution in [3.63, 3.8) is 0 Å². The third-order valence-corrected chi connectivity index (χ3v) is 3.16. The lowest BCUT2D eigenvalue weighted by Crippen LogP contribution is -2.32. The van der Waals surface area contributed by atoms with Crippen LogP contribution in [0.5, 0.6) is 0 Å². The van der Waals surface area contributed by atoms with E-state index >= 15 is 0 Å². The van der Waals surface area contributed by atoms with E-state index in [0.717, 1.165) is 0 Å². The number of anilines is 1. The number of hydrogen-bond donors (Lipinski definition) is 2. The standard InChI is InChI=1S/C17H16FNO2/c1-2-15(12-8-10-13(18)11-9-12)16(20)17(21)19-14-6-4-3-5-7-14/h2-11,15-16,20H,1H2,(H,19,21)/t15-,16+/m0/s1. The lowest BCUT2D eigenvalue weighted by molar-refractivity contribution is -0.124. The first-order valence-corrected chi connectivity index (χ1v) is 6.54. The summed E-state index contributed by atoms with van der Waals surface area (Å²) in [5.74, 6) is -1.51. The van der Waals surface area contributed by atoms with Crippen LogP contribution in [0, 0.1) is 5.82 Å². The van der Waals surface area contributed by atoms with Crippen molar-refractivity contribution in [1.82, 2.24) is 0 Å². The molecule has 0 saturated heterocycles. The molecule has 0 bridgehead atoms. The maximum atomic E-state index is 12.9. The quantitative estimate of drug-likeness (QED) is 0.829. The second kappa shape index (κ2) is 6.81. The molecule has 0 aliphatic rings. The molecule has 3 nitrogen and oxygen atoms in total. The van der Waals surface area contributed by atoms with Crippen LogP contribution in [0.25, 0.3) is 0 Å². The van der Waals surface area contributed by atoms with Crippen LogP contribution in [0.1, 0.15) is 11.5 Å². The van der Waals surface area contributed by atoms with Crippen LogP contribution >= 0.6 is 0 Å². The molecule has 0 aromatic heterocycles. The van der Waals surface area contributed by atoms with Crippen LogP contribution in [0.15, 0.2) is 67.3 Å². The number of rotatable bonds is 5. The molecule has 0 saturated carbocycles. The third-order valence-electron chi connectivity index (χ3n) is 3.16. The number of aliphatic hydroxyl groups is 1. The Kier molecular flexibility index (Phi) is 4.85. The molecular formula is C17H16FNO2. The molecule has 0 fully saturated rings. The van der Waals surface area contributed by atoms with Crippen molar-refractivity contribution in [1.29, 1.82) is 0 Å². The number of aliphatic hydroxyl groups excluding tert-OH is 1. The summed E-state index contributed by atoms with van der Waals surface area (Å²) in [6.45, 7) is 3.64. The Labute approximate surface area is 122 Å². The van der Waals surface area contributed by atoms with Crippen molar-refractivity contribution in [3.05, 3.63) is 78.6 Å². The minimum absolute atomic E-state index is 0.371. The molecule has 1 amide bonds. The van der Waals surface area contributed by atoms with Crippen LogP contribution in [0.2, 0.25) is 0 Å². The molecule has 0 radical (unpaired) electrons. The fourth-order valence-electron chi connectivity index (χ4n) is 2.03. The SMILES string of the molecule is C=C[C@@H](c1ccc(F)cc1)[C@@H](O)C(=O)Nc1ccccc1. The summed E-state index contributed by atoms with van der Waals surface area (Å²) in [5, 5.41) is 12.8. The van der Waals surface area contributed by atoms with E-state index in [0.29, 0.717) is 11.3 Å². The lowest BCUT2D eigenvalue weighted by atomic mass is 9.93. The van der Waals surface area contributed by atoms with E-state index in [1.54, 1.807) is 24.3 Å². The molecule has 0 spiro atoms. The molecule has 2 aromatic rings. The van der Waals surface area contributed by atoms with Gasteiger partial charge in [0.05, 0.1) is 0 Å². The molecule has 0 aliphatic carbocycles. The zero-order chi connectivity index (χ0) is 15.2. The second-order valence-electron chi connectivity index (χ2n) is 4.61. The summed E-state index contributed by atoms with van der Waals surface area (Å²) in [7, 11) is 0. The van der Waals surface area contributed by atoms with E-state index in [2.05, 4.69) is 11.9 Å². The molecule has 2 rings (SSSR count). The molecule has 4 heteroatoms. The monoisotopic (exact) mass is 285 g/mol. The van der Waals surface area contributed by atoms with Gasteiger partial charge in [-0.05, 0) is 29.8 Å². The van der Waals surface area contributed by atoms with E-state index in [-0.39, 0.29) is 5.82 Å². The Morgan fingerprint density at radius 1 is 1.14 bits per heavy atom. The summed E-state index contributed by atoms with van der Waals surface area (Å²) in [5.41, 5.74) is 1.23. The minimum Gasteiger partial charge on any atom is -0.382 e. The average molecular weight is 285 g/mol. The van der Waals surface area contributed by atoms with E-state index in [1.807, 2.05) is 6.07 Å². The Morgan fingerprint density at radius 2 is 1.76 bits per heavy atom. The van der Waals surface area contributed by atoms with Crippen molar-refractivity contribution in [2.45, 2.75) is 12.0 Å². The largest absolute Gasteiger partial charge is 0.382 e. The minimum atomic E-state index is -1.30. The van der Waals surface area contributed by atoms with Crippen LogP contribution in [-0.2, 0) is 4.79 Å². The van der Waals surface area contributed by atoms with Crippen molar-refractivity contribution >= 4 is 11.6 Å². The molecule has 2 N–H and O–H groups in total. The van der Waals surface area contributed by atoms with Crippen LogP contribution < -0.4 is 5.32 Å². The van der Waals surface area contributed by atoms with Gasteiger partial charge in [0.2, 0.25) is 0 Å². The maximum absolute atomic E-state index is 12.9. The number of nitrogens with one attached hydrogen (secondary N) is 1. The average Bonchev–Trinajstić information content (AvgIpc) is 2.50. The lowest BCUT2D eigenvalue weighted by Gasteiger charge is -2.19. The first-order chi connectivity index (χ1) is 10.1. The second-order valence-corrected chi connectivity index (χ2v) is 4.61. The van der Waals surface area contributed by atoms with Crippen LogP contribution in [0.4, 0.5) is 10.1 Å². The highest BCUT2D eigenvalue weighted by atomic mass is 19.1. The first-order valence-electron chi connectivity index (χ1n) is 6.54.